The number of non-ortho nitro benzene ring substituents is 1. The molecule has 29 heavy (non-hydrogen) atoms. The molecule has 0 spiro atoms. The highest BCUT2D eigenvalue weighted by molar-refractivity contribution is 5.52. The lowest BCUT2D eigenvalue weighted by molar-refractivity contribution is -0.384. The minimum Gasteiger partial charge on any atom is -0.382 e. The summed E-state index contributed by atoms with van der Waals surface area (Å²) < 4.78 is 15.8. The van der Waals surface area contributed by atoms with Gasteiger partial charge in [-0.1, -0.05) is 0 Å². The number of hydrogen-bond donors (Lipinski definition) is 0. The maximum atomic E-state index is 10.7. The second kappa shape index (κ2) is 12.6. The number of nitro benzene ring substituents is 1. The number of likely N-dealkylation sites (N-methyl/N-ethyl adjacent to an activating group) is 1. The van der Waals surface area contributed by atoms with Gasteiger partial charge in [0.1, 0.15) is 0 Å². The summed E-state index contributed by atoms with van der Waals surface area (Å²) in [4.78, 5) is 12.3. The Labute approximate surface area is 170 Å². The summed E-state index contributed by atoms with van der Waals surface area (Å²) in [5, 5.41) is 18.9. The van der Waals surface area contributed by atoms with E-state index in [1.807, 2.05) is 31.3 Å². The van der Waals surface area contributed by atoms with Gasteiger partial charge in [-0.3, -0.25) is 10.1 Å². The molecule has 2 aromatic carbocycles. The number of azo groups is 1. The maximum absolute atomic E-state index is 10.7. The van der Waals surface area contributed by atoms with Gasteiger partial charge in [0.15, 0.2) is 0 Å². The van der Waals surface area contributed by atoms with Crippen LogP contribution in [0.1, 0.15) is 0 Å². The van der Waals surface area contributed by atoms with Crippen LogP contribution in [0.15, 0.2) is 58.8 Å². The predicted molar refractivity (Wildman–Crippen MR) is 110 cm³/mol. The Balaban J connectivity index is 1.73. The van der Waals surface area contributed by atoms with Crippen molar-refractivity contribution in [3.63, 3.8) is 0 Å². The molecule has 0 heterocycles. The van der Waals surface area contributed by atoms with Crippen molar-refractivity contribution in [2.45, 2.75) is 0 Å². The summed E-state index contributed by atoms with van der Waals surface area (Å²) in [6.07, 6.45) is 0. The van der Waals surface area contributed by atoms with E-state index in [2.05, 4.69) is 15.1 Å². The van der Waals surface area contributed by atoms with Gasteiger partial charge in [0, 0.05) is 38.5 Å². The van der Waals surface area contributed by atoms with Crippen LogP contribution in [0.4, 0.5) is 22.7 Å². The van der Waals surface area contributed by atoms with E-state index in [1.54, 1.807) is 19.2 Å². The van der Waals surface area contributed by atoms with Gasteiger partial charge in [0.2, 0.25) is 0 Å². The van der Waals surface area contributed by atoms with Gasteiger partial charge >= 0.3 is 0 Å². The van der Waals surface area contributed by atoms with Gasteiger partial charge in [0.05, 0.1) is 49.3 Å². The van der Waals surface area contributed by atoms with E-state index < -0.39 is 4.92 Å². The summed E-state index contributed by atoms with van der Waals surface area (Å²) in [6, 6.07) is 13.6. The van der Waals surface area contributed by atoms with Gasteiger partial charge in [-0.25, -0.2) is 0 Å². The maximum Gasteiger partial charge on any atom is 0.269 e. The lowest BCUT2D eigenvalue weighted by Crippen LogP contribution is -2.23. The molecule has 0 unspecified atom stereocenters. The topological polar surface area (TPSA) is 98.8 Å². The lowest BCUT2D eigenvalue weighted by Gasteiger charge is -2.19. The first kappa shape index (κ1) is 22.4. The van der Waals surface area contributed by atoms with E-state index in [0.29, 0.717) is 44.4 Å². The molecule has 9 heteroatoms. The molecule has 0 aromatic heterocycles. The van der Waals surface area contributed by atoms with Crippen molar-refractivity contribution in [2.75, 3.05) is 58.6 Å². The van der Waals surface area contributed by atoms with Gasteiger partial charge in [-0.2, -0.15) is 10.2 Å². The van der Waals surface area contributed by atoms with Crippen molar-refractivity contribution in [3.05, 3.63) is 58.6 Å². The van der Waals surface area contributed by atoms with Crippen molar-refractivity contribution < 1.29 is 19.1 Å². The van der Waals surface area contributed by atoms with Crippen LogP contribution in [0.25, 0.3) is 0 Å². The number of anilines is 1. The highest BCUT2D eigenvalue weighted by atomic mass is 16.6. The zero-order valence-corrected chi connectivity index (χ0v) is 16.7. The van der Waals surface area contributed by atoms with Crippen LogP contribution in [-0.4, -0.2) is 58.7 Å². The van der Waals surface area contributed by atoms with Crippen LogP contribution < -0.4 is 4.90 Å². The molecule has 0 atom stereocenters. The Morgan fingerprint density at radius 3 is 1.93 bits per heavy atom. The average Bonchev–Trinajstić information content (AvgIpc) is 2.74. The quantitative estimate of drug-likeness (QED) is 0.216. The fraction of sp³-hybridized carbons (Fsp3) is 0.400. The number of benzene rings is 2. The number of nitrogens with zero attached hydrogens (tertiary/aromatic N) is 4. The number of hydrogen-bond acceptors (Lipinski definition) is 8. The first-order chi connectivity index (χ1) is 14.1. The number of rotatable bonds is 13. The third kappa shape index (κ3) is 8.34. The summed E-state index contributed by atoms with van der Waals surface area (Å²) in [5.41, 5.74) is 2.32. The van der Waals surface area contributed by atoms with Gasteiger partial charge in [-0.15, -0.1) is 0 Å². The molecule has 156 valence electrons. The monoisotopic (exact) mass is 402 g/mol. The molecule has 0 aliphatic carbocycles. The number of methoxy groups -OCH3 is 1. The molecule has 9 nitrogen and oxygen atoms in total. The molecule has 0 aliphatic heterocycles. The van der Waals surface area contributed by atoms with E-state index >= 15 is 0 Å². The molecule has 0 aliphatic rings. The van der Waals surface area contributed by atoms with Crippen LogP contribution in [-0.2, 0) is 14.2 Å². The number of nitro groups is 1. The minimum atomic E-state index is -0.446. The summed E-state index contributed by atoms with van der Waals surface area (Å²) >= 11 is 0. The summed E-state index contributed by atoms with van der Waals surface area (Å²) in [7, 11) is 3.63. The molecule has 0 N–H and O–H groups in total. The third-order valence-electron chi connectivity index (χ3n) is 4.01. The minimum absolute atomic E-state index is 0.0268. The molecular weight excluding hydrogens is 376 g/mol. The van der Waals surface area contributed by atoms with Crippen molar-refractivity contribution in [3.8, 4) is 0 Å². The normalized spacial score (nSPS) is 11.1. The Hall–Kier alpha value is -2.88. The van der Waals surface area contributed by atoms with Gasteiger partial charge < -0.3 is 19.1 Å². The van der Waals surface area contributed by atoms with Gasteiger partial charge in [-0.05, 0) is 36.4 Å². The zero-order chi connectivity index (χ0) is 20.9. The van der Waals surface area contributed by atoms with Crippen LogP contribution in [0.2, 0.25) is 0 Å². The lowest BCUT2D eigenvalue weighted by atomic mass is 10.2. The van der Waals surface area contributed by atoms with E-state index in [0.717, 1.165) is 12.2 Å². The van der Waals surface area contributed by atoms with Crippen LogP contribution >= 0.6 is 0 Å². The second-order valence-electron chi connectivity index (χ2n) is 6.13. The van der Waals surface area contributed by atoms with Crippen LogP contribution in [0.5, 0.6) is 0 Å². The first-order valence-electron chi connectivity index (χ1n) is 9.22. The zero-order valence-electron chi connectivity index (χ0n) is 16.7. The SMILES string of the molecule is COCCOCCOCCN(C)c1ccc(N=Nc2ccc([N+](=O)[O-])cc2)cc1. The Kier molecular flexibility index (Phi) is 9.70. The molecular formula is C20H26N4O5. The Morgan fingerprint density at radius 1 is 0.862 bits per heavy atom. The smallest absolute Gasteiger partial charge is 0.269 e. The highest BCUT2D eigenvalue weighted by Crippen LogP contribution is 2.23. The Morgan fingerprint density at radius 2 is 1.38 bits per heavy atom. The molecule has 0 radical (unpaired) electrons. The predicted octanol–water partition coefficient (Wildman–Crippen LogP) is 4.13. The molecule has 0 saturated heterocycles. The van der Waals surface area contributed by atoms with Crippen LogP contribution in [0.3, 0.4) is 0 Å². The van der Waals surface area contributed by atoms with Crippen molar-refractivity contribution in [1.82, 2.24) is 0 Å². The van der Waals surface area contributed by atoms with E-state index in [4.69, 9.17) is 14.2 Å². The molecule has 0 fully saturated rings. The molecule has 0 bridgehead atoms. The third-order valence-corrected chi connectivity index (χ3v) is 4.01. The average molecular weight is 402 g/mol. The van der Waals surface area contributed by atoms with Crippen molar-refractivity contribution >= 4 is 22.7 Å². The molecule has 0 amide bonds. The molecule has 2 aromatic rings. The largest absolute Gasteiger partial charge is 0.382 e. The number of ether oxygens (including phenoxy) is 3. The fourth-order valence-electron chi connectivity index (χ4n) is 2.33. The molecule has 0 saturated carbocycles. The molecule has 2 rings (SSSR count). The van der Waals surface area contributed by atoms with Crippen molar-refractivity contribution in [2.24, 2.45) is 10.2 Å². The van der Waals surface area contributed by atoms with Gasteiger partial charge in [0.25, 0.3) is 5.69 Å². The second-order valence-corrected chi connectivity index (χ2v) is 6.13. The fourth-order valence-corrected chi connectivity index (χ4v) is 2.33. The summed E-state index contributed by atoms with van der Waals surface area (Å²) in [6.45, 7) is 3.63. The highest BCUT2D eigenvalue weighted by Gasteiger charge is 2.04. The van der Waals surface area contributed by atoms with Crippen LogP contribution in [0, 0.1) is 10.1 Å². The van der Waals surface area contributed by atoms with E-state index in [-0.39, 0.29) is 5.69 Å². The van der Waals surface area contributed by atoms with Crippen molar-refractivity contribution in [1.29, 1.82) is 0 Å². The van der Waals surface area contributed by atoms with E-state index in [9.17, 15) is 10.1 Å². The Bertz CT molecular complexity index is 765. The van der Waals surface area contributed by atoms with E-state index in [1.165, 1.54) is 12.1 Å². The first-order valence-corrected chi connectivity index (χ1v) is 9.22. The standard InChI is InChI=1S/C20H26N4O5/c1-23(11-12-28-15-16-29-14-13-27-2)19-7-3-17(4-8-19)21-22-18-5-9-20(10-6-18)24(25)26/h3-10H,11-16H2,1-2H3. The summed E-state index contributed by atoms with van der Waals surface area (Å²) in [5.74, 6) is 0.